The van der Waals surface area contributed by atoms with Crippen molar-refractivity contribution in [3.05, 3.63) is 18.0 Å². The fraction of sp³-hybridized carbons (Fsp3) is 0.792. The van der Waals surface area contributed by atoms with Crippen molar-refractivity contribution in [1.82, 2.24) is 19.8 Å². The molecule has 4 heterocycles. The van der Waals surface area contributed by atoms with E-state index in [2.05, 4.69) is 40.9 Å². The van der Waals surface area contributed by atoms with Gasteiger partial charge in [-0.3, -0.25) is 4.90 Å². The Morgan fingerprint density at radius 3 is 2.23 bits per heavy atom. The van der Waals surface area contributed by atoms with Crippen LogP contribution in [0, 0.1) is 0 Å². The molecule has 2 bridgehead atoms. The molecule has 2 unspecified atom stereocenters. The van der Waals surface area contributed by atoms with Gasteiger partial charge in [0.25, 0.3) is 0 Å². The molecule has 0 aromatic carbocycles. The van der Waals surface area contributed by atoms with Gasteiger partial charge in [0, 0.05) is 50.0 Å². The third-order valence-corrected chi connectivity index (χ3v) is 7.44. The monoisotopic (exact) mass is 413 g/mol. The highest BCUT2D eigenvalue weighted by molar-refractivity contribution is 5.75. The summed E-state index contributed by atoms with van der Waals surface area (Å²) in [5.41, 5.74) is 1.31. The summed E-state index contributed by atoms with van der Waals surface area (Å²) in [5.74, 6) is 1.84. The molecule has 3 aliphatic rings. The van der Waals surface area contributed by atoms with Crippen LogP contribution in [0.25, 0.3) is 0 Å². The minimum atomic E-state index is 0.312. The molecule has 3 saturated heterocycles. The first-order valence-electron chi connectivity index (χ1n) is 12.1. The van der Waals surface area contributed by atoms with E-state index in [1.165, 1.54) is 31.2 Å². The van der Waals surface area contributed by atoms with Gasteiger partial charge in [0.1, 0.15) is 5.78 Å². The maximum atomic E-state index is 11.1. The van der Waals surface area contributed by atoms with Crippen molar-refractivity contribution in [1.29, 1.82) is 0 Å². The molecule has 0 amide bonds. The van der Waals surface area contributed by atoms with E-state index < -0.39 is 0 Å². The van der Waals surface area contributed by atoms with Gasteiger partial charge in [-0.05, 0) is 90.4 Å². The zero-order chi connectivity index (χ0) is 21.1. The molecule has 0 spiro atoms. The Bertz CT molecular complexity index is 684. The minimum absolute atomic E-state index is 0.312. The van der Waals surface area contributed by atoms with Crippen LogP contribution in [0.3, 0.4) is 0 Å². The predicted molar refractivity (Wildman–Crippen MR) is 121 cm³/mol. The van der Waals surface area contributed by atoms with Crippen molar-refractivity contribution < 1.29 is 4.79 Å². The molecule has 4 rings (SSSR count). The number of hydrogen-bond acceptors (Lipinski definition) is 6. The third-order valence-electron chi connectivity index (χ3n) is 7.44. The zero-order valence-electron chi connectivity index (χ0n) is 19.1. The van der Waals surface area contributed by atoms with Crippen LogP contribution >= 0.6 is 0 Å². The highest BCUT2D eigenvalue weighted by Gasteiger charge is 2.41. The first-order chi connectivity index (χ1) is 14.5. The lowest BCUT2D eigenvalue weighted by Crippen LogP contribution is -2.56. The lowest BCUT2D eigenvalue weighted by Gasteiger charge is -2.42. The van der Waals surface area contributed by atoms with E-state index in [-0.39, 0.29) is 0 Å². The van der Waals surface area contributed by atoms with E-state index in [0.717, 1.165) is 57.9 Å². The van der Waals surface area contributed by atoms with Crippen molar-refractivity contribution in [3.8, 4) is 0 Å². The Balaban J connectivity index is 1.27. The summed E-state index contributed by atoms with van der Waals surface area (Å²) in [6, 6.07) is 1.77. The Morgan fingerprint density at radius 2 is 1.67 bits per heavy atom. The first kappa shape index (κ1) is 21.7. The van der Waals surface area contributed by atoms with Crippen LogP contribution in [0.15, 0.2) is 12.4 Å². The molecular formula is C24H39N5O. The largest absolute Gasteiger partial charge is 0.332 e. The van der Waals surface area contributed by atoms with Crippen LogP contribution in [0.2, 0.25) is 0 Å². The molecule has 1 aromatic heterocycles. The number of likely N-dealkylation sites (tertiary alicyclic amines) is 2. The van der Waals surface area contributed by atoms with Gasteiger partial charge in [-0.15, -0.1) is 0 Å². The van der Waals surface area contributed by atoms with Crippen LogP contribution in [0.5, 0.6) is 0 Å². The van der Waals surface area contributed by atoms with Crippen molar-refractivity contribution in [2.75, 3.05) is 37.6 Å². The Morgan fingerprint density at radius 1 is 1.03 bits per heavy atom. The summed E-state index contributed by atoms with van der Waals surface area (Å²) < 4.78 is 0. The molecule has 6 nitrogen and oxygen atoms in total. The number of carbonyl (C=O) groups is 1. The van der Waals surface area contributed by atoms with E-state index in [9.17, 15) is 4.79 Å². The second kappa shape index (κ2) is 9.73. The highest BCUT2D eigenvalue weighted by Crippen LogP contribution is 2.34. The summed E-state index contributed by atoms with van der Waals surface area (Å²) in [5, 5.41) is 0. The number of ketones is 1. The molecular weight excluding hydrogens is 374 g/mol. The van der Waals surface area contributed by atoms with Crippen molar-refractivity contribution in [2.24, 2.45) is 0 Å². The summed E-state index contributed by atoms with van der Waals surface area (Å²) in [6.45, 7) is 12.0. The Kier molecular flexibility index (Phi) is 7.04. The molecule has 0 radical (unpaired) electrons. The number of piperazine rings is 1. The molecule has 166 valence electrons. The number of unbranched alkanes of at least 4 members (excludes halogenated alkanes) is 1. The highest BCUT2D eigenvalue weighted by atomic mass is 16.1. The number of aromatic nitrogens is 2. The van der Waals surface area contributed by atoms with Gasteiger partial charge in [-0.25, -0.2) is 9.97 Å². The molecule has 1 aromatic rings. The molecule has 6 heteroatoms. The molecule has 0 saturated carbocycles. The number of fused-ring (bicyclic) bond motifs is 2. The SMILES string of the molecule is CC(=O)CCCCN1CCC(c2cnc(N3C4CCC3CN(C(C)C)C4)nc2)CC1. The molecule has 30 heavy (non-hydrogen) atoms. The van der Waals surface area contributed by atoms with Crippen LogP contribution in [-0.4, -0.2) is 76.4 Å². The number of hydrogen-bond donors (Lipinski definition) is 0. The lowest BCUT2D eigenvalue weighted by atomic mass is 9.91. The number of anilines is 1. The van der Waals surface area contributed by atoms with Gasteiger partial charge in [0.05, 0.1) is 0 Å². The van der Waals surface area contributed by atoms with E-state index in [1.54, 1.807) is 6.92 Å². The first-order valence-corrected chi connectivity index (χ1v) is 12.1. The quantitative estimate of drug-likeness (QED) is 0.608. The maximum absolute atomic E-state index is 11.1. The van der Waals surface area contributed by atoms with Gasteiger partial charge in [-0.1, -0.05) is 0 Å². The predicted octanol–water partition coefficient (Wildman–Crippen LogP) is 3.48. The zero-order valence-corrected chi connectivity index (χ0v) is 19.1. The van der Waals surface area contributed by atoms with Crippen LogP contribution in [0.4, 0.5) is 5.95 Å². The topological polar surface area (TPSA) is 52.6 Å². The van der Waals surface area contributed by atoms with Crippen molar-refractivity contribution >= 4 is 11.7 Å². The average Bonchev–Trinajstić information content (AvgIpc) is 3.00. The smallest absolute Gasteiger partial charge is 0.225 e. The summed E-state index contributed by atoms with van der Waals surface area (Å²) in [4.78, 5) is 28.4. The van der Waals surface area contributed by atoms with Crippen molar-refractivity contribution in [3.63, 3.8) is 0 Å². The van der Waals surface area contributed by atoms with Gasteiger partial charge >= 0.3 is 0 Å². The van der Waals surface area contributed by atoms with Gasteiger partial charge in [-0.2, -0.15) is 0 Å². The summed E-state index contributed by atoms with van der Waals surface area (Å²) in [7, 11) is 0. The van der Waals surface area contributed by atoms with Crippen molar-refractivity contribution in [2.45, 2.75) is 89.8 Å². The number of rotatable bonds is 8. The Labute approximate surface area is 182 Å². The normalized spacial score (nSPS) is 25.9. The van der Waals surface area contributed by atoms with Gasteiger partial charge in [0.2, 0.25) is 5.95 Å². The number of carbonyl (C=O) groups excluding carboxylic acids is 1. The molecule has 2 atom stereocenters. The fourth-order valence-electron chi connectivity index (χ4n) is 5.56. The van der Waals surface area contributed by atoms with Gasteiger partial charge < -0.3 is 14.6 Å². The summed E-state index contributed by atoms with van der Waals surface area (Å²) in [6.07, 6.45) is 12.0. The second-order valence-corrected chi connectivity index (χ2v) is 9.93. The van der Waals surface area contributed by atoms with Gasteiger partial charge in [0.15, 0.2) is 0 Å². The standard InChI is InChI=1S/C24H39N5O/c1-18(2)28-16-22-7-8-23(17-28)29(22)24-25-14-21(15-26-24)20-9-12-27(13-10-20)11-5-4-6-19(3)30/h14-15,18,20,22-23H,4-13,16-17H2,1-3H3. The van der Waals surface area contributed by atoms with Crippen LogP contribution in [-0.2, 0) is 4.79 Å². The van der Waals surface area contributed by atoms with E-state index in [4.69, 9.17) is 9.97 Å². The number of piperidine rings is 1. The molecule has 3 aliphatic heterocycles. The number of nitrogens with zero attached hydrogens (tertiary/aromatic N) is 5. The Hall–Kier alpha value is -1.53. The molecule has 3 fully saturated rings. The fourth-order valence-corrected chi connectivity index (χ4v) is 5.56. The lowest BCUT2D eigenvalue weighted by molar-refractivity contribution is -0.117. The second-order valence-electron chi connectivity index (χ2n) is 9.93. The molecule has 0 aliphatic carbocycles. The summed E-state index contributed by atoms with van der Waals surface area (Å²) >= 11 is 0. The minimum Gasteiger partial charge on any atom is -0.332 e. The van der Waals surface area contributed by atoms with E-state index >= 15 is 0 Å². The average molecular weight is 414 g/mol. The van der Waals surface area contributed by atoms with E-state index in [0.29, 0.717) is 29.8 Å². The maximum Gasteiger partial charge on any atom is 0.225 e. The van der Waals surface area contributed by atoms with Crippen LogP contribution < -0.4 is 4.90 Å². The molecule has 0 N–H and O–H groups in total. The van der Waals surface area contributed by atoms with Crippen LogP contribution in [0.1, 0.15) is 77.2 Å². The van der Waals surface area contributed by atoms with E-state index in [1.807, 2.05) is 0 Å². The number of Topliss-reactive ketones (excluding diaryl/α,β-unsaturated/α-hetero) is 1. The third kappa shape index (κ3) is 5.02.